The van der Waals surface area contributed by atoms with Crippen molar-refractivity contribution < 1.29 is 9.63 Å². The van der Waals surface area contributed by atoms with E-state index in [0.29, 0.717) is 11.3 Å². The van der Waals surface area contributed by atoms with Crippen molar-refractivity contribution >= 4 is 17.6 Å². The van der Waals surface area contributed by atoms with Gasteiger partial charge in [0, 0.05) is 5.56 Å². The first-order chi connectivity index (χ1) is 8.27. The van der Waals surface area contributed by atoms with Crippen molar-refractivity contribution in [2.75, 3.05) is 0 Å². The lowest BCUT2D eigenvalue weighted by atomic mass is 9.90. The summed E-state index contributed by atoms with van der Waals surface area (Å²) in [6, 6.07) is 6.91. The number of fused-ring (bicyclic) bond motifs is 2. The molecule has 1 heterocycles. The van der Waals surface area contributed by atoms with Gasteiger partial charge in [-0.15, -0.1) is 0 Å². The predicted molar refractivity (Wildman–Crippen MR) is 64.2 cm³/mol. The molecule has 17 heavy (non-hydrogen) atoms. The van der Waals surface area contributed by atoms with Crippen LogP contribution in [0.5, 0.6) is 0 Å². The van der Waals surface area contributed by atoms with Crippen LogP contribution in [0.25, 0.3) is 5.57 Å². The topological polar surface area (TPSA) is 64.7 Å². The molecule has 1 aromatic rings. The smallest absolute Gasteiger partial charge is 0.187 e. The molecule has 1 atom stereocenters. The van der Waals surface area contributed by atoms with Crippen molar-refractivity contribution in [3.8, 4) is 0 Å². The van der Waals surface area contributed by atoms with Crippen LogP contribution in [-0.2, 0) is 9.63 Å². The Morgan fingerprint density at radius 1 is 1.29 bits per heavy atom. The lowest BCUT2D eigenvalue weighted by molar-refractivity contribution is -0.114. The Morgan fingerprint density at radius 2 is 2.12 bits per heavy atom. The van der Waals surface area contributed by atoms with Crippen LogP contribution < -0.4 is 5.73 Å². The summed E-state index contributed by atoms with van der Waals surface area (Å²) in [6.07, 6.45) is 4.91. The number of oxime groups is 1. The molecule has 0 saturated carbocycles. The summed E-state index contributed by atoms with van der Waals surface area (Å²) in [6.45, 7) is 0. The molecule has 0 bridgehead atoms. The second-order valence-electron chi connectivity index (χ2n) is 3.90. The number of rotatable bonds is 0. The highest BCUT2D eigenvalue weighted by Crippen LogP contribution is 2.30. The Labute approximate surface area is 98.1 Å². The number of nitrogens with two attached hydrogens (primary N) is 1. The van der Waals surface area contributed by atoms with Crippen LogP contribution in [0.3, 0.4) is 0 Å². The zero-order valence-electron chi connectivity index (χ0n) is 8.96. The maximum absolute atomic E-state index is 12.1. The molecule has 0 radical (unpaired) electrons. The van der Waals surface area contributed by atoms with E-state index in [0.717, 1.165) is 11.1 Å². The van der Waals surface area contributed by atoms with Crippen molar-refractivity contribution in [1.29, 1.82) is 0 Å². The number of nitrogens with zero attached hydrogens (tertiary/aromatic N) is 1. The van der Waals surface area contributed by atoms with Gasteiger partial charge in [-0.3, -0.25) is 4.79 Å². The van der Waals surface area contributed by atoms with Gasteiger partial charge < -0.3 is 10.6 Å². The fourth-order valence-electron chi connectivity index (χ4n) is 1.97. The molecule has 0 saturated heterocycles. The van der Waals surface area contributed by atoms with Gasteiger partial charge in [0.2, 0.25) is 0 Å². The lowest BCUT2D eigenvalue weighted by Crippen LogP contribution is -2.31. The number of Topliss-reactive ketones (excluding diaryl/α,β-unsaturated/α-hetero) is 1. The molecule has 4 heteroatoms. The minimum atomic E-state index is -0.608. The number of carbonyl (C=O) groups excluding carboxylic acids is 1. The summed E-state index contributed by atoms with van der Waals surface area (Å²) in [5.41, 5.74) is 7.90. The van der Waals surface area contributed by atoms with Gasteiger partial charge in [0.15, 0.2) is 11.5 Å². The van der Waals surface area contributed by atoms with Gasteiger partial charge in [-0.05, 0) is 11.6 Å². The number of hydrogen-bond acceptors (Lipinski definition) is 4. The highest BCUT2D eigenvalue weighted by Gasteiger charge is 2.28. The van der Waals surface area contributed by atoms with Gasteiger partial charge in [0.05, 0.1) is 17.8 Å². The number of allylic oxidation sites excluding steroid dienone is 1. The molecule has 0 fully saturated rings. The van der Waals surface area contributed by atoms with Crippen molar-refractivity contribution in [2.24, 2.45) is 10.9 Å². The molecule has 1 aliphatic carbocycles. The van der Waals surface area contributed by atoms with E-state index in [4.69, 9.17) is 10.6 Å². The van der Waals surface area contributed by atoms with Gasteiger partial charge in [0.25, 0.3) is 0 Å². The van der Waals surface area contributed by atoms with Crippen LogP contribution in [0.4, 0.5) is 0 Å². The van der Waals surface area contributed by atoms with Gasteiger partial charge in [-0.25, -0.2) is 0 Å². The van der Waals surface area contributed by atoms with Gasteiger partial charge >= 0.3 is 0 Å². The normalized spacial score (nSPS) is 21.7. The zero-order chi connectivity index (χ0) is 11.8. The lowest BCUT2D eigenvalue weighted by Gasteiger charge is -2.16. The second-order valence-corrected chi connectivity index (χ2v) is 3.90. The maximum Gasteiger partial charge on any atom is 0.187 e. The Kier molecular flexibility index (Phi) is 2.16. The first-order valence-corrected chi connectivity index (χ1v) is 5.29. The van der Waals surface area contributed by atoms with Crippen LogP contribution in [0.2, 0.25) is 0 Å². The largest absolute Gasteiger partial charge is 0.356 e. The number of hydrogen-bond donors (Lipinski definition) is 1. The van der Waals surface area contributed by atoms with Crippen LogP contribution in [0.15, 0.2) is 47.3 Å². The van der Waals surface area contributed by atoms with E-state index in [1.54, 1.807) is 18.4 Å². The molecule has 1 aliphatic heterocycles. The van der Waals surface area contributed by atoms with Gasteiger partial charge in [-0.2, -0.15) is 0 Å². The average Bonchev–Trinajstić information content (AvgIpc) is 2.53. The van der Waals surface area contributed by atoms with E-state index in [1.807, 2.05) is 24.3 Å². The van der Waals surface area contributed by atoms with E-state index in [-0.39, 0.29) is 5.78 Å². The third kappa shape index (κ3) is 1.50. The molecule has 84 valence electrons. The Hall–Kier alpha value is -2.20. The van der Waals surface area contributed by atoms with Gasteiger partial charge in [-0.1, -0.05) is 35.5 Å². The first-order valence-electron chi connectivity index (χ1n) is 5.29. The standard InChI is InChI=1S/C13H10N2O2/c14-10-5-6-11-12(13(10)16)9-4-2-1-3-8(9)7-15-17-11/h1-7,10H,14H2. The summed E-state index contributed by atoms with van der Waals surface area (Å²) in [4.78, 5) is 17.3. The Balaban J connectivity index is 2.26. The quantitative estimate of drug-likeness (QED) is 0.723. The molecule has 3 rings (SSSR count). The number of carbonyl (C=O) groups is 1. The van der Waals surface area contributed by atoms with Crippen LogP contribution in [0, 0.1) is 0 Å². The van der Waals surface area contributed by atoms with Crippen molar-refractivity contribution in [2.45, 2.75) is 6.04 Å². The Morgan fingerprint density at radius 3 is 3.00 bits per heavy atom. The minimum Gasteiger partial charge on any atom is -0.356 e. The van der Waals surface area contributed by atoms with Crippen molar-refractivity contribution in [3.05, 3.63) is 53.3 Å². The minimum absolute atomic E-state index is 0.138. The molecule has 2 aliphatic rings. The average molecular weight is 226 g/mol. The SMILES string of the molecule is NC1C=CC2=C(C1=O)c1ccccc1C=NO2. The molecule has 1 unspecified atom stereocenters. The van der Waals surface area contributed by atoms with Gasteiger partial charge in [0.1, 0.15) is 0 Å². The monoisotopic (exact) mass is 226 g/mol. The van der Waals surface area contributed by atoms with E-state index >= 15 is 0 Å². The van der Waals surface area contributed by atoms with Crippen molar-refractivity contribution in [3.63, 3.8) is 0 Å². The fourth-order valence-corrected chi connectivity index (χ4v) is 1.97. The predicted octanol–water partition coefficient (Wildman–Crippen LogP) is 1.23. The first kappa shape index (κ1) is 9.99. The fraction of sp³-hybridized carbons (Fsp3) is 0.0769. The summed E-state index contributed by atoms with van der Waals surface area (Å²) < 4.78 is 0. The maximum atomic E-state index is 12.1. The van der Waals surface area contributed by atoms with Crippen LogP contribution >= 0.6 is 0 Å². The number of benzene rings is 1. The van der Waals surface area contributed by atoms with Crippen LogP contribution in [0.1, 0.15) is 11.1 Å². The molecule has 1 aromatic carbocycles. The number of ketones is 1. The summed E-state index contributed by atoms with van der Waals surface area (Å²) >= 11 is 0. The van der Waals surface area contributed by atoms with E-state index in [2.05, 4.69) is 5.16 Å². The third-order valence-corrected chi connectivity index (χ3v) is 2.82. The Bertz CT molecular complexity index is 585. The third-order valence-electron chi connectivity index (χ3n) is 2.82. The highest BCUT2D eigenvalue weighted by atomic mass is 16.6. The van der Waals surface area contributed by atoms with E-state index < -0.39 is 6.04 Å². The zero-order valence-corrected chi connectivity index (χ0v) is 8.96. The van der Waals surface area contributed by atoms with Crippen molar-refractivity contribution in [1.82, 2.24) is 0 Å². The summed E-state index contributed by atoms with van der Waals surface area (Å²) in [5.74, 6) is 0.318. The highest BCUT2D eigenvalue weighted by molar-refractivity contribution is 6.27. The van der Waals surface area contributed by atoms with Crippen LogP contribution in [-0.4, -0.2) is 18.0 Å². The molecular weight excluding hydrogens is 216 g/mol. The molecular formula is C13H10N2O2. The molecule has 0 aromatic heterocycles. The molecule has 2 N–H and O–H groups in total. The summed E-state index contributed by atoms with van der Waals surface area (Å²) in [7, 11) is 0. The van der Waals surface area contributed by atoms with E-state index in [1.165, 1.54) is 0 Å². The molecule has 0 spiro atoms. The molecule has 0 amide bonds. The second kappa shape index (κ2) is 3.68. The summed E-state index contributed by atoms with van der Waals surface area (Å²) in [5, 5.41) is 3.83. The van der Waals surface area contributed by atoms with E-state index in [9.17, 15) is 4.79 Å². The molecule has 4 nitrogen and oxygen atoms in total.